The minimum atomic E-state index is -3.92. The molecule has 3 aromatic rings. The van der Waals surface area contributed by atoms with Gasteiger partial charge in [0.25, 0.3) is 10.0 Å². The average molecular weight is 356 g/mol. The van der Waals surface area contributed by atoms with E-state index in [1.165, 1.54) is 30.0 Å². The van der Waals surface area contributed by atoms with Crippen LogP contribution in [-0.2, 0) is 10.0 Å². The van der Waals surface area contributed by atoms with Crippen molar-refractivity contribution in [2.75, 3.05) is 11.4 Å². The molecule has 7 nitrogen and oxygen atoms in total. The Kier molecular flexibility index (Phi) is 3.69. The lowest BCUT2D eigenvalue weighted by molar-refractivity contribution is 0.591. The van der Waals surface area contributed by atoms with Crippen LogP contribution >= 0.6 is 11.6 Å². The predicted octanol–water partition coefficient (Wildman–Crippen LogP) is 2.05. The van der Waals surface area contributed by atoms with Gasteiger partial charge in [0.1, 0.15) is 21.6 Å². The molecule has 0 aliphatic rings. The Morgan fingerprint density at radius 2 is 2.00 bits per heavy atom. The Labute approximate surface area is 136 Å². The summed E-state index contributed by atoms with van der Waals surface area (Å²) in [6.07, 6.45) is 3.45. The van der Waals surface area contributed by atoms with E-state index in [2.05, 4.69) is 15.1 Å². The van der Waals surface area contributed by atoms with E-state index in [0.29, 0.717) is 16.4 Å². The third kappa shape index (κ3) is 2.62. The molecule has 0 aliphatic heterocycles. The number of nitrogens with zero attached hydrogens (tertiary/aromatic N) is 5. The van der Waals surface area contributed by atoms with Crippen LogP contribution in [0.25, 0.3) is 5.65 Å². The average Bonchev–Trinajstić information content (AvgIpc) is 2.81. The van der Waals surface area contributed by atoms with E-state index in [1.54, 1.807) is 6.92 Å². The van der Waals surface area contributed by atoms with Crippen molar-refractivity contribution in [1.29, 1.82) is 0 Å². The summed E-state index contributed by atoms with van der Waals surface area (Å²) in [5.41, 5.74) is 0.910. The molecule has 0 unspecified atom stereocenters. The second-order valence-electron chi connectivity index (χ2n) is 4.76. The first kappa shape index (κ1) is 15.6. The fourth-order valence-electron chi connectivity index (χ4n) is 1.97. The van der Waals surface area contributed by atoms with Gasteiger partial charge in [0.2, 0.25) is 0 Å². The van der Waals surface area contributed by atoms with Crippen LogP contribution in [-0.4, -0.2) is 35.0 Å². The van der Waals surface area contributed by atoms with Crippen LogP contribution in [0.3, 0.4) is 0 Å². The first-order chi connectivity index (χ1) is 10.8. The minimum Gasteiger partial charge on any atom is -0.253 e. The number of pyridine rings is 1. The molecule has 23 heavy (non-hydrogen) atoms. The summed E-state index contributed by atoms with van der Waals surface area (Å²) >= 11 is 6.03. The third-order valence-corrected chi connectivity index (χ3v) is 5.40. The molecule has 0 atom stereocenters. The lowest BCUT2D eigenvalue weighted by atomic mass is 10.4. The standard InChI is InChI=1S/C13H11ClFN5O2S/c1-8-12(14)13-17-6-10(7-20(13)18-8)23(21,22)19(2)11-4-3-9(15)5-16-11/h3-7H,1-2H3. The van der Waals surface area contributed by atoms with Gasteiger partial charge in [0.15, 0.2) is 5.65 Å². The fraction of sp³-hybridized carbons (Fsp3) is 0.154. The van der Waals surface area contributed by atoms with Gasteiger partial charge in [-0.1, -0.05) is 11.6 Å². The van der Waals surface area contributed by atoms with Crippen LogP contribution in [0, 0.1) is 12.7 Å². The molecule has 0 radical (unpaired) electrons. The number of aromatic nitrogens is 4. The van der Waals surface area contributed by atoms with Crippen LogP contribution in [0.2, 0.25) is 5.02 Å². The van der Waals surface area contributed by atoms with Crippen LogP contribution in [0.5, 0.6) is 0 Å². The minimum absolute atomic E-state index is 0.0844. The smallest absolute Gasteiger partial charge is 0.253 e. The quantitative estimate of drug-likeness (QED) is 0.718. The van der Waals surface area contributed by atoms with Crippen molar-refractivity contribution in [3.63, 3.8) is 0 Å². The van der Waals surface area contributed by atoms with Gasteiger partial charge >= 0.3 is 0 Å². The lowest BCUT2D eigenvalue weighted by Gasteiger charge is -2.18. The molecule has 3 rings (SSSR count). The van der Waals surface area contributed by atoms with E-state index in [0.717, 1.165) is 16.6 Å². The largest absolute Gasteiger partial charge is 0.268 e. The number of sulfonamides is 1. The Morgan fingerprint density at radius 3 is 2.65 bits per heavy atom. The number of halogens is 2. The second kappa shape index (κ2) is 5.43. The zero-order valence-electron chi connectivity index (χ0n) is 12.1. The van der Waals surface area contributed by atoms with Crippen molar-refractivity contribution in [1.82, 2.24) is 19.6 Å². The number of rotatable bonds is 3. The summed E-state index contributed by atoms with van der Waals surface area (Å²) in [4.78, 5) is 7.71. The molecule has 0 saturated carbocycles. The van der Waals surface area contributed by atoms with E-state index < -0.39 is 15.8 Å². The number of fused-ring (bicyclic) bond motifs is 1. The highest BCUT2D eigenvalue weighted by molar-refractivity contribution is 7.92. The highest BCUT2D eigenvalue weighted by Crippen LogP contribution is 2.23. The van der Waals surface area contributed by atoms with E-state index >= 15 is 0 Å². The molecule has 0 aliphatic carbocycles. The second-order valence-corrected chi connectivity index (χ2v) is 7.11. The summed E-state index contributed by atoms with van der Waals surface area (Å²) in [5, 5.41) is 4.47. The summed E-state index contributed by atoms with van der Waals surface area (Å²) in [7, 11) is -2.60. The van der Waals surface area contributed by atoms with Crippen LogP contribution < -0.4 is 4.31 Å². The highest BCUT2D eigenvalue weighted by Gasteiger charge is 2.24. The van der Waals surface area contributed by atoms with Crippen molar-refractivity contribution >= 4 is 33.1 Å². The van der Waals surface area contributed by atoms with E-state index in [9.17, 15) is 12.8 Å². The number of anilines is 1. The van der Waals surface area contributed by atoms with Gasteiger partial charge in [-0.05, 0) is 19.1 Å². The Morgan fingerprint density at radius 1 is 1.26 bits per heavy atom. The van der Waals surface area contributed by atoms with Crippen molar-refractivity contribution < 1.29 is 12.8 Å². The molecule has 0 N–H and O–H groups in total. The van der Waals surface area contributed by atoms with E-state index in [1.807, 2.05) is 0 Å². The zero-order chi connectivity index (χ0) is 16.8. The van der Waals surface area contributed by atoms with Crippen molar-refractivity contribution in [3.8, 4) is 0 Å². The highest BCUT2D eigenvalue weighted by atomic mass is 35.5. The monoisotopic (exact) mass is 355 g/mol. The fourth-order valence-corrected chi connectivity index (χ4v) is 3.23. The molecule has 0 spiro atoms. The summed E-state index contributed by atoms with van der Waals surface area (Å²) in [6, 6.07) is 2.40. The van der Waals surface area contributed by atoms with Crippen LogP contribution in [0.1, 0.15) is 5.69 Å². The first-order valence-corrected chi connectivity index (χ1v) is 8.23. The summed E-state index contributed by atoms with van der Waals surface area (Å²) < 4.78 is 40.4. The molecular formula is C13H11ClFN5O2S. The number of aryl methyl sites for hydroxylation is 1. The molecule has 3 aromatic heterocycles. The Hall–Kier alpha value is -2.26. The first-order valence-electron chi connectivity index (χ1n) is 6.41. The normalized spacial score (nSPS) is 11.8. The van der Waals surface area contributed by atoms with Gasteiger partial charge in [0.05, 0.1) is 24.3 Å². The van der Waals surface area contributed by atoms with Crippen LogP contribution in [0.15, 0.2) is 35.6 Å². The zero-order valence-corrected chi connectivity index (χ0v) is 13.7. The van der Waals surface area contributed by atoms with Gasteiger partial charge in [-0.2, -0.15) is 5.10 Å². The summed E-state index contributed by atoms with van der Waals surface area (Å²) in [6.45, 7) is 1.69. The molecular weight excluding hydrogens is 345 g/mol. The van der Waals surface area contributed by atoms with Gasteiger partial charge in [0, 0.05) is 7.05 Å². The predicted molar refractivity (Wildman–Crippen MR) is 82.5 cm³/mol. The maximum absolute atomic E-state index is 12.9. The maximum atomic E-state index is 12.9. The van der Waals surface area contributed by atoms with Crippen molar-refractivity contribution in [2.45, 2.75) is 11.8 Å². The van der Waals surface area contributed by atoms with Gasteiger partial charge in [-0.15, -0.1) is 0 Å². The van der Waals surface area contributed by atoms with Crippen molar-refractivity contribution in [3.05, 3.63) is 47.3 Å². The Bertz CT molecular complexity index is 988. The molecule has 0 fully saturated rings. The van der Waals surface area contributed by atoms with E-state index in [-0.39, 0.29) is 10.7 Å². The summed E-state index contributed by atoms with van der Waals surface area (Å²) in [5.74, 6) is -0.467. The van der Waals surface area contributed by atoms with Gasteiger partial charge in [-0.25, -0.2) is 27.3 Å². The SMILES string of the molecule is Cc1nn2cc(S(=O)(=O)N(C)c3ccc(F)cn3)cnc2c1Cl. The van der Waals surface area contributed by atoms with Gasteiger partial charge < -0.3 is 0 Å². The Balaban J connectivity index is 2.06. The lowest BCUT2D eigenvalue weighted by Crippen LogP contribution is -2.27. The molecule has 120 valence electrons. The molecule has 0 bridgehead atoms. The molecule has 3 heterocycles. The molecule has 0 aromatic carbocycles. The van der Waals surface area contributed by atoms with E-state index in [4.69, 9.17) is 11.6 Å². The maximum Gasteiger partial charge on any atom is 0.268 e. The number of hydrogen-bond acceptors (Lipinski definition) is 5. The van der Waals surface area contributed by atoms with Gasteiger partial charge in [-0.3, -0.25) is 4.31 Å². The topological polar surface area (TPSA) is 80.5 Å². The molecule has 10 heteroatoms. The third-order valence-electron chi connectivity index (χ3n) is 3.25. The van der Waals surface area contributed by atoms with Crippen LogP contribution in [0.4, 0.5) is 10.2 Å². The molecule has 0 amide bonds. The van der Waals surface area contributed by atoms with Crippen molar-refractivity contribution in [2.24, 2.45) is 0 Å². The number of hydrogen-bond donors (Lipinski definition) is 0. The molecule has 0 saturated heterocycles.